The summed E-state index contributed by atoms with van der Waals surface area (Å²) in [4.78, 5) is 0.801. The number of rotatable bonds is 2. The van der Waals surface area contributed by atoms with E-state index in [0.717, 1.165) is 30.0 Å². The maximum atomic E-state index is 11.5. The summed E-state index contributed by atoms with van der Waals surface area (Å²) < 4.78 is 17.0. The lowest BCUT2D eigenvalue weighted by Gasteiger charge is -2.18. The monoisotopic (exact) mass is 273 g/mol. The van der Waals surface area contributed by atoms with Gasteiger partial charge < -0.3 is 14.6 Å². The maximum absolute atomic E-state index is 11.5. The van der Waals surface area contributed by atoms with Gasteiger partial charge in [-0.3, -0.25) is 0 Å². The number of benzene rings is 1. The summed E-state index contributed by atoms with van der Waals surface area (Å²) in [6.07, 6.45) is 2.68. The third-order valence-corrected chi connectivity index (χ3v) is 4.08. The fraction of sp³-hybridized carbons (Fsp3) is 0.500. The number of halogens is 1. The molecule has 1 aromatic carbocycles. The lowest BCUT2D eigenvalue weighted by molar-refractivity contribution is 0.131. The Kier molecular flexibility index (Phi) is 4.70. The predicted octanol–water partition coefficient (Wildman–Crippen LogP) is 2.13. The van der Waals surface area contributed by atoms with Crippen LogP contribution in [0.1, 0.15) is 18.0 Å². The minimum absolute atomic E-state index is 0.0912. The van der Waals surface area contributed by atoms with Crippen LogP contribution in [0.25, 0.3) is 0 Å². The zero-order valence-electron chi connectivity index (χ0n) is 9.74. The summed E-state index contributed by atoms with van der Waals surface area (Å²) in [5, 5.41) is 4.09. The van der Waals surface area contributed by atoms with Crippen molar-refractivity contribution in [2.45, 2.75) is 17.4 Å². The summed E-state index contributed by atoms with van der Waals surface area (Å²) in [5.41, 5.74) is 0.973. The number of hydrogen-bond acceptors (Lipinski definition) is 3. The van der Waals surface area contributed by atoms with Crippen molar-refractivity contribution < 1.29 is 9.29 Å². The van der Waals surface area contributed by atoms with Crippen LogP contribution >= 0.6 is 11.6 Å². The second-order valence-corrected chi connectivity index (χ2v) is 5.86. The molecule has 1 saturated heterocycles. The molecule has 1 aliphatic heterocycles. The maximum Gasteiger partial charge on any atom is 0.152 e. The molecule has 17 heavy (non-hydrogen) atoms. The SMILES string of the molecule is C[S+]([O-])c1ccc(Cl)c(C2COCCCN2)c1. The van der Waals surface area contributed by atoms with Crippen LogP contribution in [0, 0.1) is 0 Å². The Morgan fingerprint density at radius 3 is 3.12 bits per heavy atom. The normalized spacial score (nSPS) is 23.1. The molecular formula is C12H16ClNO2S. The molecule has 1 aromatic rings. The molecule has 2 unspecified atom stereocenters. The Labute approximate surface area is 110 Å². The van der Waals surface area contributed by atoms with Crippen molar-refractivity contribution in [1.82, 2.24) is 5.32 Å². The van der Waals surface area contributed by atoms with E-state index in [1.54, 1.807) is 18.4 Å². The Bertz CT molecular complexity index is 379. The first-order chi connectivity index (χ1) is 8.18. The minimum Gasteiger partial charge on any atom is -0.612 e. The van der Waals surface area contributed by atoms with Crippen molar-refractivity contribution in [1.29, 1.82) is 0 Å². The van der Waals surface area contributed by atoms with Crippen LogP contribution in [-0.4, -0.2) is 30.6 Å². The van der Waals surface area contributed by atoms with Crippen molar-refractivity contribution in [2.24, 2.45) is 0 Å². The fourth-order valence-electron chi connectivity index (χ4n) is 1.88. The first kappa shape index (κ1) is 13.2. The van der Waals surface area contributed by atoms with Gasteiger partial charge in [0.15, 0.2) is 4.90 Å². The molecule has 1 heterocycles. The Morgan fingerprint density at radius 1 is 1.53 bits per heavy atom. The van der Waals surface area contributed by atoms with Crippen molar-refractivity contribution >= 4 is 22.8 Å². The zero-order valence-corrected chi connectivity index (χ0v) is 11.3. The molecule has 2 rings (SSSR count). The Balaban J connectivity index is 2.25. The summed E-state index contributed by atoms with van der Waals surface area (Å²) in [6, 6.07) is 5.61. The molecule has 1 N–H and O–H groups in total. The van der Waals surface area contributed by atoms with Crippen LogP contribution < -0.4 is 5.32 Å². The molecule has 0 radical (unpaired) electrons. The highest BCUT2D eigenvalue weighted by molar-refractivity contribution is 7.90. The molecular weight excluding hydrogens is 258 g/mol. The van der Waals surface area contributed by atoms with Crippen LogP contribution in [-0.2, 0) is 15.9 Å². The summed E-state index contributed by atoms with van der Waals surface area (Å²) in [7, 11) is 0. The molecule has 0 aromatic heterocycles. The van der Waals surface area contributed by atoms with Gasteiger partial charge in [0.05, 0.1) is 12.6 Å². The molecule has 3 nitrogen and oxygen atoms in total. The first-order valence-electron chi connectivity index (χ1n) is 5.62. The van der Waals surface area contributed by atoms with E-state index in [9.17, 15) is 4.55 Å². The molecule has 0 spiro atoms. The molecule has 1 aliphatic rings. The summed E-state index contributed by atoms with van der Waals surface area (Å²) >= 11 is 5.21. The summed E-state index contributed by atoms with van der Waals surface area (Å²) in [6.45, 7) is 2.31. The lowest BCUT2D eigenvalue weighted by atomic mass is 10.1. The average molecular weight is 274 g/mol. The number of ether oxygens (including phenoxy) is 1. The largest absolute Gasteiger partial charge is 0.612 e. The van der Waals surface area contributed by atoms with Gasteiger partial charge in [-0.1, -0.05) is 11.6 Å². The van der Waals surface area contributed by atoms with Gasteiger partial charge in [0, 0.05) is 11.6 Å². The minimum atomic E-state index is -0.984. The Morgan fingerprint density at radius 2 is 2.35 bits per heavy atom. The van der Waals surface area contributed by atoms with Gasteiger partial charge in [-0.2, -0.15) is 0 Å². The molecule has 2 atom stereocenters. The van der Waals surface area contributed by atoms with E-state index >= 15 is 0 Å². The number of nitrogens with one attached hydrogen (secondary N) is 1. The zero-order chi connectivity index (χ0) is 12.3. The molecule has 5 heteroatoms. The average Bonchev–Trinajstić information content (AvgIpc) is 2.58. The van der Waals surface area contributed by atoms with E-state index in [2.05, 4.69) is 5.32 Å². The van der Waals surface area contributed by atoms with Gasteiger partial charge in [0.2, 0.25) is 0 Å². The van der Waals surface area contributed by atoms with Gasteiger partial charge in [0.1, 0.15) is 6.26 Å². The van der Waals surface area contributed by atoms with E-state index in [0.29, 0.717) is 11.6 Å². The molecule has 0 aliphatic carbocycles. The van der Waals surface area contributed by atoms with Gasteiger partial charge >= 0.3 is 0 Å². The van der Waals surface area contributed by atoms with Crippen LogP contribution in [0.15, 0.2) is 23.1 Å². The van der Waals surface area contributed by atoms with Crippen molar-refractivity contribution in [3.8, 4) is 0 Å². The van der Waals surface area contributed by atoms with Gasteiger partial charge in [0.25, 0.3) is 0 Å². The van der Waals surface area contributed by atoms with Gasteiger partial charge in [-0.25, -0.2) is 0 Å². The van der Waals surface area contributed by atoms with Crippen molar-refractivity contribution in [3.63, 3.8) is 0 Å². The highest BCUT2D eigenvalue weighted by Gasteiger charge is 2.19. The highest BCUT2D eigenvalue weighted by atomic mass is 35.5. The number of hydrogen-bond donors (Lipinski definition) is 1. The van der Waals surface area contributed by atoms with Gasteiger partial charge in [-0.15, -0.1) is 0 Å². The van der Waals surface area contributed by atoms with E-state index in [4.69, 9.17) is 16.3 Å². The van der Waals surface area contributed by atoms with Crippen LogP contribution in [0.5, 0.6) is 0 Å². The summed E-state index contributed by atoms with van der Waals surface area (Å²) in [5.74, 6) is 0. The smallest absolute Gasteiger partial charge is 0.152 e. The molecule has 94 valence electrons. The van der Waals surface area contributed by atoms with Crippen LogP contribution in [0.2, 0.25) is 5.02 Å². The van der Waals surface area contributed by atoms with Crippen LogP contribution in [0.3, 0.4) is 0 Å². The third kappa shape index (κ3) is 3.36. The van der Waals surface area contributed by atoms with E-state index < -0.39 is 11.2 Å². The molecule has 1 fully saturated rings. The predicted molar refractivity (Wildman–Crippen MR) is 70.0 cm³/mol. The highest BCUT2D eigenvalue weighted by Crippen LogP contribution is 2.27. The van der Waals surface area contributed by atoms with Crippen molar-refractivity contribution in [2.75, 3.05) is 26.0 Å². The van der Waals surface area contributed by atoms with Gasteiger partial charge in [-0.05, 0) is 47.9 Å². The quantitative estimate of drug-likeness (QED) is 0.840. The second-order valence-electron chi connectivity index (χ2n) is 4.07. The Hall–Kier alpha value is -0.260. The second kappa shape index (κ2) is 6.07. The fourth-order valence-corrected chi connectivity index (χ4v) is 2.68. The topological polar surface area (TPSA) is 44.3 Å². The van der Waals surface area contributed by atoms with Crippen molar-refractivity contribution in [3.05, 3.63) is 28.8 Å². The van der Waals surface area contributed by atoms with Crippen LogP contribution in [0.4, 0.5) is 0 Å². The van der Waals surface area contributed by atoms with E-state index in [1.165, 1.54) is 0 Å². The van der Waals surface area contributed by atoms with E-state index in [-0.39, 0.29) is 6.04 Å². The molecule has 0 saturated carbocycles. The third-order valence-electron chi connectivity index (χ3n) is 2.82. The first-order valence-corrected chi connectivity index (χ1v) is 7.56. The lowest BCUT2D eigenvalue weighted by Crippen LogP contribution is -2.24. The standard InChI is InChI=1S/C12H16ClNO2S/c1-17(15)9-3-4-11(13)10(7-9)12-8-16-6-2-5-14-12/h3-4,7,12,14H,2,5-6,8H2,1H3. The molecule has 0 bridgehead atoms. The molecule has 0 amide bonds. The van der Waals surface area contributed by atoms with E-state index in [1.807, 2.05) is 6.07 Å².